The van der Waals surface area contributed by atoms with Crippen LogP contribution < -0.4 is 10.6 Å². The minimum absolute atomic E-state index is 0.0586. The van der Waals surface area contributed by atoms with Crippen LogP contribution >= 0.6 is 11.8 Å². The van der Waals surface area contributed by atoms with Gasteiger partial charge in [-0.25, -0.2) is 0 Å². The number of amides is 2. The van der Waals surface area contributed by atoms with Gasteiger partial charge < -0.3 is 15.5 Å². The number of nitrogens with one attached hydrogen (secondary N) is 1. The Hall–Kier alpha value is -2.13. The van der Waals surface area contributed by atoms with Crippen LogP contribution in [-0.2, 0) is 4.79 Å². The number of quaternary nitrogens is 1. The third-order valence-corrected chi connectivity index (χ3v) is 7.24. The largest absolute Gasteiger partial charge is 0.348 e. The summed E-state index contributed by atoms with van der Waals surface area (Å²) in [5.74, 6) is 0.697. The highest BCUT2D eigenvalue weighted by atomic mass is 32.2. The summed E-state index contributed by atoms with van der Waals surface area (Å²) >= 11 is 1.81. The van der Waals surface area contributed by atoms with Crippen molar-refractivity contribution >= 4 is 29.3 Å². The number of thioether (sulfide) groups is 1. The fourth-order valence-corrected chi connectivity index (χ4v) is 5.15. The Bertz CT molecular complexity index is 764. The summed E-state index contributed by atoms with van der Waals surface area (Å²) < 4.78 is 0. The zero-order chi connectivity index (χ0) is 20.3. The Morgan fingerprint density at radius 2 is 2.14 bits per heavy atom. The lowest BCUT2D eigenvalue weighted by molar-refractivity contribution is -0.714. The van der Waals surface area contributed by atoms with Crippen LogP contribution in [0.5, 0.6) is 0 Å². The predicted molar refractivity (Wildman–Crippen MR) is 107 cm³/mol. The molecular weight excluding hydrogens is 380 g/mol. The molecule has 3 rings (SSSR count). The number of likely N-dealkylation sites (tertiary alicyclic amines) is 1. The van der Waals surface area contributed by atoms with Gasteiger partial charge in [0, 0.05) is 49.7 Å². The molecule has 0 radical (unpaired) electrons. The summed E-state index contributed by atoms with van der Waals surface area (Å²) in [6.45, 7) is 5.23. The Balaban J connectivity index is 1.57. The maximum Gasteiger partial charge on any atom is 0.279 e. The van der Waals surface area contributed by atoms with Gasteiger partial charge in [-0.05, 0) is 19.4 Å². The van der Waals surface area contributed by atoms with Crippen LogP contribution in [0.1, 0.15) is 43.5 Å². The van der Waals surface area contributed by atoms with Gasteiger partial charge in [0.1, 0.15) is 4.87 Å². The molecule has 2 heterocycles. The normalized spacial score (nSPS) is 22.1. The molecule has 9 heteroatoms. The van der Waals surface area contributed by atoms with Crippen LogP contribution in [0.25, 0.3) is 0 Å². The van der Waals surface area contributed by atoms with E-state index in [1.54, 1.807) is 11.0 Å². The standard InChI is InChI=1S/C19H26N4O4S/c1-3-13(2)20-17(24)16-12-28-19(21-16)7-9-22(10-8-19)18(25)14-5-4-6-15(11-14)23(26)27/h4-6,11,13,16,21H,3,7-10,12H2,1-2H3,(H,20,24)/p+1/t13-,16-/m0/s1. The highest BCUT2D eigenvalue weighted by Gasteiger charge is 2.48. The molecule has 1 spiro atoms. The van der Waals surface area contributed by atoms with Crippen LogP contribution in [0.4, 0.5) is 5.69 Å². The highest BCUT2D eigenvalue weighted by molar-refractivity contribution is 8.00. The molecule has 0 aromatic heterocycles. The second-order valence-electron chi connectivity index (χ2n) is 7.57. The van der Waals surface area contributed by atoms with Crippen LogP contribution in [0.2, 0.25) is 0 Å². The molecule has 0 aliphatic carbocycles. The van der Waals surface area contributed by atoms with Gasteiger partial charge in [-0.15, -0.1) is 0 Å². The minimum atomic E-state index is -0.489. The Morgan fingerprint density at radius 1 is 1.43 bits per heavy atom. The van der Waals surface area contributed by atoms with Gasteiger partial charge in [0.15, 0.2) is 6.04 Å². The van der Waals surface area contributed by atoms with Crippen molar-refractivity contribution < 1.29 is 19.8 Å². The predicted octanol–water partition coefficient (Wildman–Crippen LogP) is 1.12. The molecule has 152 valence electrons. The number of nitrogens with two attached hydrogens (primary N) is 1. The number of carbonyl (C=O) groups excluding carboxylic acids is 2. The monoisotopic (exact) mass is 407 g/mol. The number of rotatable bonds is 5. The summed E-state index contributed by atoms with van der Waals surface area (Å²) in [6, 6.07) is 5.97. The summed E-state index contributed by atoms with van der Waals surface area (Å²) in [5.41, 5.74) is 0.271. The highest BCUT2D eigenvalue weighted by Crippen LogP contribution is 2.34. The van der Waals surface area contributed by atoms with Gasteiger partial charge in [0.2, 0.25) is 0 Å². The fourth-order valence-electron chi connectivity index (χ4n) is 3.66. The van der Waals surface area contributed by atoms with Crippen molar-refractivity contribution in [2.24, 2.45) is 0 Å². The summed E-state index contributed by atoms with van der Waals surface area (Å²) in [7, 11) is 0. The first-order chi connectivity index (χ1) is 13.3. The number of piperidine rings is 1. The summed E-state index contributed by atoms with van der Waals surface area (Å²) in [5, 5.41) is 16.2. The van der Waals surface area contributed by atoms with Gasteiger partial charge in [0.25, 0.3) is 17.5 Å². The van der Waals surface area contributed by atoms with Crippen molar-refractivity contribution in [2.75, 3.05) is 18.8 Å². The second kappa shape index (κ2) is 8.48. The fraction of sp³-hybridized carbons (Fsp3) is 0.579. The smallest absolute Gasteiger partial charge is 0.279 e. The zero-order valence-corrected chi connectivity index (χ0v) is 17.0. The average molecular weight is 408 g/mol. The molecule has 2 aliphatic rings. The molecule has 3 N–H and O–H groups in total. The van der Waals surface area contributed by atoms with E-state index in [0.717, 1.165) is 25.0 Å². The maximum absolute atomic E-state index is 12.7. The first kappa shape index (κ1) is 20.6. The van der Waals surface area contributed by atoms with Crippen molar-refractivity contribution in [2.45, 2.75) is 50.1 Å². The average Bonchev–Trinajstić information content (AvgIpc) is 3.11. The van der Waals surface area contributed by atoms with Crippen molar-refractivity contribution in [3.8, 4) is 0 Å². The molecule has 8 nitrogen and oxygen atoms in total. The topological polar surface area (TPSA) is 109 Å². The maximum atomic E-state index is 12.7. The quantitative estimate of drug-likeness (QED) is 0.562. The van der Waals surface area contributed by atoms with Crippen LogP contribution in [0.15, 0.2) is 24.3 Å². The molecule has 0 saturated carbocycles. The number of carbonyl (C=O) groups is 2. The molecule has 2 fully saturated rings. The number of non-ortho nitro benzene ring substituents is 1. The van der Waals surface area contributed by atoms with Crippen LogP contribution in [-0.4, -0.2) is 57.4 Å². The van der Waals surface area contributed by atoms with E-state index in [1.807, 2.05) is 25.6 Å². The Labute approximate surface area is 168 Å². The van der Waals surface area contributed by atoms with E-state index in [9.17, 15) is 19.7 Å². The molecule has 0 bridgehead atoms. The van der Waals surface area contributed by atoms with Gasteiger partial charge in [-0.3, -0.25) is 19.7 Å². The van der Waals surface area contributed by atoms with Crippen molar-refractivity contribution in [3.05, 3.63) is 39.9 Å². The molecular formula is C19H27N4O4S+. The van der Waals surface area contributed by atoms with Crippen molar-refractivity contribution in [1.82, 2.24) is 10.2 Å². The number of nitrogens with zero attached hydrogens (tertiary/aromatic N) is 2. The van der Waals surface area contributed by atoms with E-state index >= 15 is 0 Å². The van der Waals surface area contributed by atoms with E-state index in [-0.39, 0.29) is 34.5 Å². The van der Waals surface area contributed by atoms with E-state index in [4.69, 9.17) is 0 Å². The number of nitro benzene ring substituents is 1. The molecule has 28 heavy (non-hydrogen) atoms. The molecule has 1 aromatic rings. The van der Waals surface area contributed by atoms with E-state index < -0.39 is 4.92 Å². The van der Waals surface area contributed by atoms with Gasteiger partial charge in [-0.2, -0.15) is 0 Å². The molecule has 0 unspecified atom stereocenters. The van der Waals surface area contributed by atoms with E-state index in [0.29, 0.717) is 18.7 Å². The van der Waals surface area contributed by atoms with Gasteiger partial charge >= 0.3 is 0 Å². The van der Waals surface area contributed by atoms with Gasteiger partial charge in [0.05, 0.1) is 10.7 Å². The SMILES string of the molecule is CC[C@H](C)NC(=O)[C@@H]1CSC2(CCN(C(=O)c3cccc([N+](=O)[O-])c3)CC2)[NH2+]1. The second-order valence-corrected chi connectivity index (χ2v) is 9.00. The number of hydrogen-bond acceptors (Lipinski definition) is 5. The zero-order valence-electron chi connectivity index (χ0n) is 16.2. The molecule has 2 atom stereocenters. The van der Waals surface area contributed by atoms with E-state index in [1.165, 1.54) is 18.2 Å². The van der Waals surface area contributed by atoms with Gasteiger partial charge in [-0.1, -0.05) is 24.8 Å². The minimum Gasteiger partial charge on any atom is -0.348 e. The summed E-state index contributed by atoms with van der Waals surface area (Å²) in [6.07, 6.45) is 2.50. The lowest BCUT2D eigenvalue weighted by Crippen LogP contribution is -3.00. The number of hydrogen-bond donors (Lipinski definition) is 2. The Kier molecular flexibility index (Phi) is 6.24. The van der Waals surface area contributed by atoms with Crippen LogP contribution in [0.3, 0.4) is 0 Å². The summed E-state index contributed by atoms with van der Waals surface area (Å²) in [4.78, 5) is 37.3. The number of benzene rings is 1. The van der Waals surface area contributed by atoms with Crippen molar-refractivity contribution in [1.29, 1.82) is 0 Å². The molecule has 2 aliphatic heterocycles. The van der Waals surface area contributed by atoms with Crippen LogP contribution in [0, 0.1) is 10.1 Å². The molecule has 1 aromatic carbocycles. The Morgan fingerprint density at radius 3 is 2.79 bits per heavy atom. The van der Waals surface area contributed by atoms with E-state index in [2.05, 4.69) is 10.6 Å². The van der Waals surface area contributed by atoms with Crippen molar-refractivity contribution in [3.63, 3.8) is 0 Å². The molecule has 2 amide bonds. The first-order valence-corrected chi connectivity index (χ1v) is 10.7. The number of nitro groups is 1. The first-order valence-electron chi connectivity index (χ1n) is 9.67. The lowest BCUT2D eigenvalue weighted by Gasteiger charge is -2.36. The lowest BCUT2D eigenvalue weighted by atomic mass is 10.0. The third kappa shape index (κ3) is 4.47. The third-order valence-electron chi connectivity index (χ3n) is 5.59. The molecule has 2 saturated heterocycles.